The van der Waals surface area contributed by atoms with Crippen molar-refractivity contribution in [3.8, 4) is 0 Å². The van der Waals surface area contributed by atoms with E-state index in [-0.39, 0.29) is 5.41 Å². The fraction of sp³-hybridized carbons (Fsp3) is 0.458. The zero-order valence-electron chi connectivity index (χ0n) is 17.9. The molecule has 0 bridgehead atoms. The molecular weight excluding hydrogens is 348 g/mol. The van der Waals surface area contributed by atoms with E-state index in [4.69, 9.17) is 0 Å². The molecule has 0 radical (unpaired) electrons. The van der Waals surface area contributed by atoms with Gasteiger partial charge in [-0.1, -0.05) is 19.9 Å². The Morgan fingerprint density at radius 3 is 2.39 bits per heavy atom. The number of rotatable bonds is 5. The average molecular weight is 381 g/mol. The van der Waals surface area contributed by atoms with Crippen molar-refractivity contribution in [3.63, 3.8) is 0 Å². The van der Waals surface area contributed by atoms with Gasteiger partial charge in [-0.15, -0.1) is 0 Å². The number of benzene rings is 2. The van der Waals surface area contributed by atoms with Crippen LogP contribution in [0.5, 0.6) is 0 Å². The molecule has 4 nitrogen and oxygen atoms in total. The summed E-state index contributed by atoms with van der Waals surface area (Å²) in [5.74, 6) is -0.894. The van der Waals surface area contributed by atoms with E-state index in [0.717, 1.165) is 25.2 Å². The molecule has 4 heteroatoms. The van der Waals surface area contributed by atoms with Gasteiger partial charge < -0.3 is 14.9 Å². The quantitative estimate of drug-likeness (QED) is 0.717. The number of anilines is 3. The summed E-state index contributed by atoms with van der Waals surface area (Å²) in [7, 11) is 0. The van der Waals surface area contributed by atoms with Crippen LogP contribution in [0.4, 0.5) is 17.1 Å². The molecule has 1 N–H and O–H groups in total. The first-order chi connectivity index (χ1) is 13.2. The van der Waals surface area contributed by atoms with Gasteiger partial charge in [-0.05, 0) is 81.0 Å². The van der Waals surface area contributed by atoms with Crippen LogP contribution >= 0.6 is 0 Å². The molecule has 3 rings (SSSR count). The van der Waals surface area contributed by atoms with E-state index >= 15 is 0 Å². The number of hydrogen-bond donors (Lipinski definition) is 1. The lowest BCUT2D eigenvalue weighted by molar-refractivity contribution is 0.0697. The van der Waals surface area contributed by atoms with Crippen molar-refractivity contribution in [1.82, 2.24) is 0 Å². The van der Waals surface area contributed by atoms with Crippen molar-refractivity contribution in [2.45, 2.75) is 59.4 Å². The van der Waals surface area contributed by atoms with Crippen LogP contribution in [0.1, 0.15) is 62.5 Å². The van der Waals surface area contributed by atoms with Gasteiger partial charge in [0.25, 0.3) is 0 Å². The molecule has 0 spiro atoms. The van der Waals surface area contributed by atoms with E-state index in [1.54, 1.807) is 12.1 Å². The zero-order chi connectivity index (χ0) is 20.6. The zero-order valence-corrected chi connectivity index (χ0v) is 17.9. The van der Waals surface area contributed by atoms with Crippen LogP contribution < -0.4 is 9.80 Å². The van der Waals surface area contributed by atoms with Gasteiger partial charge in [-0.3, -0.25) is 0 Å². The topological polar surface area (TPSA) is 43.8 Å². The summed E-state index contributed by atoms with van der Waals surface area (Å²) < 4.78 is 0. The molecular formula is C24H32N2O2. The summed E-state index contributed by atoms with van der Waals surface area (Å²) in [5.41, 5.74) is 6.69. The third-order valence-corrected chi connectivity index (χ3v) is 5.99. The van der Waals surface area contributed by atoms with Crippen molar-refractivity contribution in [2.24, 2.45) is 0 Å². The second-order valence-corrected chi connectivity index (χ2v) is 8.67. The maximum atomic E-state index is 11.2. The number of aryl methyl sites for hydroxylation is 1. The first-order valence-corrected chi connectivity index (χ1v) is 10.2. The number of carbonyl (C=O) groups is 1. The summed E-state index contributed by atoms with van der Waals surface area (Å²) in [6.45, 7) is 15.4. The molecule has 0 saturated heterocycles. The Hall–Kier alpha value is -2.49. The highest BCUT2D eigenvalue weighted by molar-refractivity contribution is 5.88. The second kappa shape index (κ2) is 7.50. The lowest BCUT2D eigenvalue weighted by Gasteiger charge is -2.43. The molecule has 1 aliphatic rings. The highest BCUT2D eigenvalue weighted by Crippen LogP contribution is 2.44. The smallest absolute Gasteiger partial charge is 0.335 e. The summed E-state index contributed by atoms with van der Waals surface area (Å²) in [6, 6.07) is 12.3. The number of hydrogen-bond acceptors (Lipinski definition) is 3. The molecule has 0 fully saturated rings. The molecule has 0 amide bonds. The lowest BCUT2D eigenvalue weighted by atomic mass is 9.76. The fourth-order valence-corrected chi connectivity index (χ4v) is 4.22. The minimum absolute atomic E-state index is 0.171. The van der Waals surface area contributed by atoms with E-state index < -0.39 is 5.97 Å². The number of carboxylic acids is 1. The lowest BCUT2D eigenvalue weighted by Crippen LogP contribution is -2.41. The van der Waals surface area contributed by atoms with Gasteiger partial charge >= 0.3 is 5.97 Å². The van der Waals surface area contributed by atoms with Crippen LogP contribution in [0.15, 0.2) is 36.4 Å². The molecule has 0 atom stereocenters. The molecule has 0 saturated carbocycles. The Balaban J connectivity index is 2.10. The van der Waals surface area contributed by atoms with Gasteiger partial charge in [0.05, 0.1) is 5.56 Å². The van der Waals surface area contributed by atoms with Gasteiger partial charge in [0.2, 0.25) is 0 Å². The monoisotopic (exact) mass is 380 g/mol. The molecule has 28 heavy (non-hydrogen) atoms. The molecule has 1 aliphatic heterocycles. The van der Waals surface area contributed by atoms with Crippen LogP contribution in [0, 0.1) is 6.92 Å². The van der Waals surface area contributed by atoms with Crippen molar-refractivity contribution in [2.75, 3.05) is 22.9 Å². The molecule has 1 heterocycles. The third-order valence-electron chi connectivity index (χ3n) is 5.99. The molecule has 0 unspecified atom stereocenters. The Bertz CT molecular complexity index is 869. The summed E-state index contributed by atoms with van der Waals surface area (Å²) in [4.78, 5) is 15.9. The predicted molar refractivity (Wildman–Crippen MR) is 117 cm³/mol. The van der Waals surface area contributed by atoms with Crippen molar-refractivity contribution >= 4 is 23.0 Å². The first kappa shape index (κ1) is 20.2. The average Bonchev–Trinajstić information content (AvgIpc) is 2.63. The fourth-order valence-electron chi connectivity index (χ4n) is 4.22. The minimum Gasteiger partial charge on any atom is -0.478 e. The van der Waals surface area contributed by atoms with Gasteiger partial charge in [0, 0.05) is 36.2 Å². The summed E-state index contributed by atoms with van der Waals surface area (Å²) in [5, 5.41) is 9.18. The van der Waals surface area contributed by atoms with Gasteiger partial charge in [-0.2, -0.15) is 0 Å². The van der Waals surface area contributed by atoms with Gasteiger partial charge in [0.1, 0.15) is 0 Å². The predicted octanol–water partition coefficient (Wildman–Crippen LogP) is 5.75. The highest BCUT2D eigenvalue weighted by atomic mass is 16.4. The van der Waals surface area contributed by atoms with Crippen LogP contribution in [0.2, 0.25) is 0 Å². The molecule has 0 aliphatic carbocycles. The van der Waals surface area contributed by atoms with E-state index in [1.807, 2.05) is 12.1 Å². The van der Waals surface area contributed by atoms with Crippen molar-refractivity contribution in [1.29, 1.82) is 0 Å². The third kappa shape index (κ3) is 3.60. The molecule has 2 aromatic rings. The summed E-state index contributed by atoms with van der Waals surface area (Å²) in [6.07, 6.45) is 1.16. The second-order valence-electron chi connectivity index (χ2n) is 8.67. The van der Waals surface area contributed by atoms with Crippen LogP contribution in [0.25, 0.3) is 0 Å². The molecule has 0 aromatic heterocycles. The summed E-state index contributed by atoms with van der Waals surface area (Å²) >= 11 is 0. The van der Waals surface area contributed by atoms with Crippen LogP contribution in [-0.4, -0.2) is 30.2 Å². The van der Waals surface area contributed by atoms with E-state index in [9.17, 15) is 9.90 Å². The normalized spacial score (nSPS) is 15.5. The van der Waals surface area contributed by atoms with Crippen molar-refractivity contribution < 1.29 is 9.90 Å². The standard InChI is InChI=1S/C24H32N2O2/c1-7-25(19-10-8-18(9-11-19)23(27)28)21-15-22-20(14-17(21)4)24(5,6)12-13-26(22)16(2)3/h8-11,14-16H,7,12-13H2,1-6H3,(H,27,28). The minimum atomic E-state index is -0.894. The Labute approximate surface area is 168 Å². The molecule has 150 valence electrons. The first-order valence-electron chi connectivity index (χ1n) is 10.2. The molecule has 2 aromatic carbocycles. The Kier molecular flexibility index (Phi) is 5.42. The van der Waals surface area contributed by atoms with Crippen LogP contribution in [0.3, 0.4) is 0 Å². The Morgan fingerprint density at radius 2 is 1.86 bits per heavy atom. The Morgan fingerprint density at radius 1 is 1.21 bits per heavy atom. The van der Waals surface area contributed by atoms with E-state index in [2.05, 4.69) is 63.5 Å². The van der Waals surface area contributed by atoms with Gasteiger partial charge in [0.15, 0.2) is 0 Å². The number of fused-ring (bicyclic) bond motifs is 1. The number of aromatic carboxylic acids is 1. The van der Waals surface area contributed by atoms with Crippen molar-refractivity contribution in [3.05, 3.63) is 53.1 Å². The van der Waals surface area contributed by atoms with Gasteiger partial charge in [-0.25, -0.2) is 4.79 Å². The van der Waals surface area contributed by atoms with Crippen LogP contribution in [-0.2, 0) is 5.41 Å². The largest absolute Gasteiger partial charge is 0.478 e. The van der Waals surface area contributed by atoms with E-state index in [0.29, 0.717) is 11.6 Å². The number of nitrogens with zero attached hydrogens (tertiary/aromatic N) is 2. The maximum absolute atomic E-state index is 11.2. The number of carboxylic acid groups (broad SMARTS) is 1. The van der Waals surface area contributed by atoms with E-state index in [1.165, 1.54) is 22.5 Å². The maximum Gasteiger partial charge on any atom is 0.335 e. The SMILES string of the molecule is CCN(c1ccc(C(=O)O)cc1)c1cc2c(cc1C)C(C)(C)CCN2C(C)C. The highest BCUT2D eigenvalue weighted by Gasteiger charge is 2.33.